The molecule has 0 unspecified atom stereocenters. The SMILES string of the molecule is CC(C)(C)c1cc(CN2CCN(Cc3cc(C(C)(C)C)cc(C(C)(C)C)c3[O-])CCN(Cc3cc(C(C)(C)C)cc(C(C)(C)C)c3[O-])CC2)c([O-])c(C(C)(C)C)c1.CCOCC.CCOCC.Cc1cc(C)c(NC(=O)[O-])c(C)c1.[U+4]. The number of hydrogen-bond donors (Lipinski definition) is 1. The molecule has 0 saturated carbocycles. The molecule has 452 valence electrons. The zero-order valence-corrected chi connectivity index (χ0v) is 59.7. The van der Waals surface area contributed by atoms with Gasteiger partial charge in [0.25, 0.3) is 0 Å². The van der Waals surface area contributed by atoms with Crippen LogP contribution in [-0.2, 0) is 61.6 Å². The van der Waals surface area contributed by atoms with Crippen molar-refractivity contribution < 1.29 is 65.8 Å². The van der Waals surface area contributed by atoms with E-state index in [-0.39, 0.29) is 80.9 Å². The van der Waals surface area contributed by atoms with E-state index < -0.39 is 6.09 Å². The average Bonchev–Trinajstić information content (AvgIpc) is 3.39. The van der Waals surface area contributed by atoms with Gasteiger partial charge in [-0.2, -0.15) is 0 Å². The van der Waals surface area contributed by atoms with E-state index in [4.69, 9.17) is 9.47 Å². The van der Waals surface area contributed by atoms with Gasteiger partial charge >= 0.3 is 31.1 Å². The van der Waals surface area contributed by atoms with Crippen LogP contribution in [0.4, 0.5) is 10.5 Å². The summed E-state index contributed by atoms with van der Waals surface area (Å²) in [7, 11) is 0. The van der Waals surface area contributed by atoms with Crippen molar-refractivity contribution >= 4 is 11.8 Å². The van der Waals surface area contributed by atoms with Crippen LogP contribution in [0.3, 0.4) is 0 Å². The number of nitrogens with zero attached hydrogens (tertiary/aromatic N) is 3. The van der Waals surface area contributed by atoms with E-state index in [9.17, 15) is 25.2 Å². The molecule has 4 aromatic rings. The molecule has 0 aromatic heterocycles. The van der Waals surface area contributed by atoms with Crippen LogP contribution in [0.1, 0.15) is 219 Å². The second kappa shape index (κ2) is 32.1. The van der Waals surface area contributed by atoms with Crippen LogP contribution in [0.5, 0.6) is 17.2 Å². The van der Waals surface area contributed by atoms with Gasteiger partial charge < -0.3 is 40.0 Å². The quantitative estimate of drug-likeness (QED) is 0.154. The van der Waals surface area contributed by atoms with Gasteiger partial charge in [0.15, 0.2) is 0 Å². The molecule has 1 amide bonds. The van der Waals surface area contributed by atoms with Crippen molar-refractivity contribution in [3.05, 3.63) is 115 Å². The molecule has 1 aliphatic rings. The summed E-state index contributed by atoms with van der Waals surface area (Å²) in [6, 6.07) is 16.7. The number of carbonyl (C=O) groups is 1. The molecule has 12 heteroatoms. The molecular formula is C69H110N4O7U. The molecule has 0 spiro atoms. The van der Waals surface area contributed by atoms with E-state index in [1.165, 1.54) is 16.7 Å². The van der Waals surface area contributed by atoms with Crippen molar-refractivity contribution in [1.29, 1.82) is 0 Å². The summed E-state index contributed by atoms with van der Waals surface area (Å²) in [5.41, 5.74) is 11.1. The Bertz CT molecular complexity index is 2320. The molecule has 1 heterocycles. The van der Waals surface area contributed by atoms with Gasteiger partial charge in [-0.3, -0.25) is 14.7 Å². The molecule has 1 saturated heterocycles. The minimum absolute atomic E-state index is 0. The molecule has 4 aromatic carbocycles. The molecule has 0 aliphatic carbocycles. The maximum Gasteiger partial charge on any atom is 4.00 e. The Balaban J connectivity index is 0.00000113. The molecule has 81 heavy (non-hydrogen) atoms. The van der Waals surface area contributed by atoms with Crippen molar-refractivity contribution in [2.45, 2.75) is 225 Å². The van der Waals surface area contributed by atoms with E-state index in [0.717, 1.165) is 116 Å². The van der Waals surface area contributed by atoms with Crippen LogP contribution < -0.4 is 25.7 Å². The number of carboxylic acid groups (broad SMARTS) is 1. The Kier molecular flexibility index (Phi) is 29.8. The molecule has 0 bridgehead atoms. The number of aryl methyl sites for hydroxylation is 3. The standard InChI is InChI=1S/C51H81N3O3.C10H13NO2.2C4H10O.U/c1-46(2,3)37-25-34(43(55)40(28-37)49(10,11)12)31-52-19-21-53(32-35-26-38(47(4,5)6)29-41(44(35)56)50(13,14)15)23-24-54(22-20-52)33-36-27-39(48(7,8)9)30-42(45(36)57)51(16,17)18;1-6-4-7(2)9(8(3)5-6)11-10(12)13;2*1-3-5-4-2;/h25-30,55-57H,19-24,31-33H2,1-18H3;4-5,11H,1-3H3,(H,12,13);2*3-4H2,1-2H3;/q;;;;+4/p-4. The number of hydrogen-bond acceptors (Lipinski definition) is 10. The first-order valence-electron chi connectivity index (χ1n) is 29.5. The smallest absolute Gasteiger partial charge is 0.872 e. The van der Waals surface area contributed by atoms with Crippen LogP contribution in [0.2, 0.25) is 0 Å². The third-order valence-corrected chi connectivity index (χ3v) is 14.6. The fourth-order valence-corrected chi connectivity index (χ4v) is 9.66. The van der Waals surface area contributed by atoms with Crippen LogP contribution in [0.15, 0.2) is 48.5 Å². The van der Waals surface area contributed by atoms with Crippen LogP contribution in [0.25, 0.3) is 0 Å². The zero-order valence-electron chi connectivity index (χ0n) is 55.5. The van der Waals surface area contributed by atoms with E-state index >= 15 is 0 Å². The zero-order chi connectivity index (χ0) is 61.5. The van der Waals surface area contributed by atoms with Gasteiger partial charge in [0.1, 0.15) is 6.09 Å². The predicted octanol–water partition coefficient (Wildman–Crippen LogP) is 13.0. The average molecular weight is 1350 g/mol. The minimum Gasteiger partial charge on any atom is -0.872 e. The summed E-state index contributed by atoms with van der Waals surface area (Å²) in [5.74, 6) is 0.412. The van der Waals surface area contributed by atoms with E-state index in [1.54, 1.807) is 0 Å². The first kappa shape index (κ1) is 75.4. The minimum atomic E-state index is -1.27. The van der Waals surface area contributed by atoms with Gasteiger partial charge in [0, 0.05) is 91.0 Å². The second-order valence-corrected chi connectivity index (χ2v) is 28.1. The monoisotopic (exact) mass is 1340 g/mol. The van der Waals surface area contributed by atoms with E-state index in [0.29, 0.717) is 25.3 Å². The molecule has 0 atom stereocenters. The van der Waals surface area contributed by atoms with Crippen LogP contribution >= 0.6 is 0 Å². The van der Waals surface area contributed by atoms with Gasteiger partial charge in [0.2, 0.25) is 0 Å². The molecule has 0 radical (unpaired) electrons. The van der Waals surface area contributed by atoms with Crippen molar-refractivity contribution in [2.24, 2.45) is 0 Å². The maximum atomic E-state index is 14.2. The number of nitrogens with one attached hydrogen (secondary N) is 1. The Morgan fingerprint density at radius 3 is 0.840 bits per heavy atom. The summed E-state index contributed by atoms with van der Waals surface area (Å²) in [4.78, 5) is 17.6. The van der Waals surface area contributed by atoms with Crippen molar-refractivity contribution in [1.82, 2.24) is 14.7 Å². The largest absolute Gasteiger partial charge is 4.00 e. The molecular weight excluding hydrogens is 1230 g/mol. The normalized spacial score (nSPS) is 14.4. The molecule has 5 rings (SSSR count). The van der Waals surface area contributed by atoms with Gasteiger partial charge in [-0.25, -0.2) is 0 Å². The van der Waals surface area contributed by atoms with Gasteiger partial charge in [0.05, 0.1) is 0 Å². The molecule has 1 aliphatic heterocycles. The third kappa shape index (κ3) is 24.5. The topological polar surface area (TPSA) is 150 Å². The summed E-state index contributed by atoms with van der Waals surface area (Å²) < 4.78 is 9.67. The van der Waals surface area contributed by atoms with Crippen molar-refractivity contribution in [3.63, 3.8) is 0 Å². The molecule has 11 nitrogen and oxygen atoms in total. The van der Waals surface area contributed by atoms with Crippen LogP contribution in [0, 0.1) is 51.9 Å². The summed E-state index contributed by atoms with van der Waals surface area (Å²) in [5, 5.41) is 55.2. The summed E-state index contributed by atoms with van der Waals surface area (Å²) >= 11 is 0. The van der Waals surface area contributed by atoms with Crippen molar-refractivity contribution in [3.8, 4) is 17.2 Å². The van der Waals surface area contributed by atoms with Crippen molar-refractivity contribution in [2.75, 3.05) is 71.0 Å². The van der Waals surface area contributed by atoms with E-state index in [2.05, 4.69) is 181 Å². The fraction of sp³-hybridized carbons (Fsp3) is 0.638. The summed E-state index contributed by atoms with van der Waals surface area (Å²) in [6.45, 7) is 62.4. The second-order valence-electron chi connectivity index (χ2n) is 28.1. The Hall–Kier alpha value is -3.60. The molecule has 1 fully saturated rings. The number of anilines is 1. The predicted molar refractivity (Wildman–Crippen MR) is 330 cm³/mol. The van der Waals surface area contributed by atoms with Gasteiger partial charge in [-0.1, -0.05) is 179 Å². The fourth-order valence-electron chi connectivity index (χ4n) is 9.66. The molecule has 1 N–H and O–H groups in total. The first-order valence-corrected chi connectivity index (χ1v) is 29.5. The Morgan fingerprint density at radius 1 is 0.432 bits per heavy atom. The number of ether oxygens (including phenoxy) is 2. The van der Waals surface area contributed by atoms with E-state index in [1.807, 2.05) is 60.6 Å². The van der Waals surface area contributed by atoms with Gasteiger partial charge in [-0.15, -0.1) is 17.2 Å². The number of carbonyl (C=O) groups excluding carboxylic acids is 1. The number of rotatable bonds is 11. The third-order valence-electron chi connectivity index (χ3n) is 14.6. The Labute approximate surface area is 517 Å². The Morgan fingerprint density at radius 2 is 0.667 bits per heavy atom. The number of benzene rings is 4. The van der Waals surface area contributed by atoms with Crippen LogP contribution in [-0.4, -0.2) is 86.5 Å². The number of amides is 1. The van der Waals surface area contributed by atoms with Gasteiger partial charge in [-0.05, 0) is 142 Å². The maximum absolute atomic E-state index is 14.2. The summed E-state index contributed by atoms with van der Waals surface area (Å²) in [6.07, 6.45) is -1.27. The first-order chi connectivity index (χ1) is 36.6.